The molecule has 2 N–H and O–H groups in total. The van der Waals surface area contributed by atoms with Crippen LogP contribution in [0.4, 0.5) is 0 Å². The Balaban J connectivity index is 2.93. The van der Waals surface area contributed by atoms with Gasteiger partial charge in [0, 0.05) is 0 Å². The highest BCUT2D eigenvalue weighted by molar-refractivity contribution is 7.81. The van der Waals surface area contributed by atoms with Gasteiger partial charge in [0.1, 0.15) is 9.87 Å². The lowest BCUT2D eigenvalue weighted by Crippen LogP contribution is -2.06. The molecule has 0 aliphatic rings. The van der Waals surface area contributed by atoms with Crippen molar-refractivity contribution < 1.29 is 0 Å². The maximum Gasteiger partial charge on any atom is 0.117 e. The minimum absolute atomic E-state index is 0.361. The molecule has 1 aromatic rings. The maximum atomic E-state index is 5.22. The standard InChI is InChI=1S/C3H3N3S2/c4-3(7)2-1-5-6-8-2/h1H,(H2,4,7). The van der Waals surface area contributed by atoms with Crippen LogP contribution in [0.25, 0.3) is 0 Å². The van der Waals surface area contributed by atoms with Gasteiger partial charge < -0.3 is 5.73 Å². The molecule has 0 spiro atoms. The lowest BCUT2D eigenvalue weighted by molar-refractivity contribution is 1.15. The minimum atomic E-state index is 0.361. The van der Waals surface area contributed by atoms with Gasteiger partial charge in [-0.2, -0.15) is 0 Å². The van der Waals surface area contributed by atoms with E-state index in [0.717, 1.165) is 4.88 Å². The van der Waals surface area contributed by atoms with Gasteiger partial charge in [0.05, 0.1) is 6.20 Å². The molecule has 8 heavy (non-hydrogen) atoms. The first kappa shape index (κ1) is 5.58. The van der Waals surface area contributed by atoms with Crippen LogP contribution < -0.4 is 5.73 Å². The second-order valence-corrected chi connectivity index (χ2v) is 2.37. The summed E-state index contributed by atoms with van der Waals surface area (Å²) in [5.41, 5.74) is 5.22. The number of aromatic nitrogens is 2. The Hall–Kier alpha value is -0.550. The fourth-order valence-electron chi connectivity index (χ4n) is 0.276. The summed E-state index contributed by atoms with van der Waals surface area (Å²) in [6.07, 6.45) is 1.55. The van der Waals surface area contributed by atoms with Gasteiger partial charge in [0.15, 0.2) is 0 Å². The fourth-order valence-corrected chi connectivity index (χ4v) is 0.807. The maximum absolute atomic E-state index is 5.22. The molecule has 0 fully saturated rings. The summed E-state index contributed by atoms with van der Waals surface area (Å²) in [6.45, 7) is 0. The van der Waals surface area contributed by atoms with Gasteiger partial charge >= 0.3 is 0 Å². The smallest absolute Gasteiger partial charge is 0.117 e. The largest absolute Gasteiger partial charge is 0.389 e. The Morgan fingerprint density at radius 1 is 1.88 bits per heavy atom. The first-order valence-electron chi connectivity index (χ1n) is 1.88. The van der Waals surface area contributed by atoms with E-state index in [2.05, 4.69) is 21.8 Å². The van der Waals surface area contributed by atoms with Crippen LogP contribution in [0.1, 0.15) is 4.88 Å². The average molecular weight is 145 g/mol. The van der Waals surface area contributed by atoms with Gasteiger partial charge in [0.25, 0.3) is 0 Å². The molecule has 5 heteroatoms. The Morgan fingerprint density at radius 3 is 2.88 bits per heavy atom. The SMILES string of the molecule is NC(=S)c1cnns1. The van der Waals surface area contributed by atoms with Gasteiger partial charge in [-0.1, -0.05) is 16.7 Å². The minimum Gasteiger partial charge on any atom is -0.389 e. The first-order valence-corrected chi connectivity index (χ1v) is 3.06. The van der Waals surface area contributed by atoms with Crippen LogP contribution >= 0.6 is 23.8 Å². The first-order chi connectivity index (χ1) is 3.80. The normalized spacial score (nSPS) is 9.00. The van der Waals surface area contributed by atoms with Crippen molar-refractivity contribution in [2.24, 2.45) is 5.73 Å². The van der Waals surface area contributed by atoms with Gasteiger partial charge in [-0.3, -0.25) is 0 Å². The molecule has 1 heterocycles. The third kappa shape index (κ3) is 0.988. The number of hydrogen-bond donors (Lipinski definition) is 1. The molecule has 0 radical (unpaired) electrons. The summed E-state index contributed by atoms with van der Waals surface area (Å²) in [5.74, 6) is 0. The van der Waals surface area contributed by atoms with Crippen molar-refractivity contribution in [3.63, 3.8) is 0 Å². The van der Waals surface area contributed by atoms with E-state index < -0.39 is 0 Å². The summed E-state index contributed by atoms with van der Waals surface area (Å²) in [5, 5.41) is 3.54. The third-order valence-corrected chi connectivity index (χ3v) is 1.65. The van der Waals surface area contributed by atoms with Crippen molar-refractivity contribution in [2.75, 3.05) is 0 Å². The molecule has 0 bridgehead atoms. The quantitative estimate of drug-likeness (QED) is 0.572. The third-order valence-electron chi connectivity index (χ3n) is 0.604. The number of rotatable bonds is 1. The van der Waals surface area contributed by atoms with Crippen molar-refractivity contribution in [2.45, 2.75) is 0 Å². The van der Waals surface area contributed by atoms with Crippen molar-refractivity contribution in [3.05, 3.63) is 11.1 Å². The molecule has 0 aliphatic carbocycles. The highest BCUT2D eigenvalue weighted by Gasteiger charge is 1.95. The number of hydrogen-bond acceptors (Lipinski definition) is 4. The highest BCUT2D eigenvalue weighted by Crippen LogP contribution is 1.99. The molecule has 0 aliphatic heterocycles. The number of nitrogens with two attached hydrogens (primary N) is 1. The van der Waals surface area contributed by atoms with Crippen molar-refractivity contribution in [1.29, 1.82) is 0 Å². The molecule has 1 rings (SSSR count). The Labute approximate surface area is 55.7 Å². The van der Waals surface area contributed by atoms with Crippen molar-refractivity contribution in [3.8, 4) is 0 Å². The van der Waals surface area contributed by atoms with Crippen molar-refractivity contribution >= 4 is 28.7 Å². The van der Waals surface area contributed by atoms with E-state index in [9.17, 15) is 0 Å². The molecule has 0 saturated carbocycles. The lowest BCUT2D eigenvalue weighted by atomic mass is 10.6. The average Bonchev–Trinajstić information content (AvgIpc) is 2.12. The molecule has 42 valence electrons. The highest BCUT2D eigenvalue weighted by atomic mass is 32.1. The topological polar surface area (TPSA) is 51.8 Å². The zero-order valence-electron chi connectivity index (χ0n) is 3.87. The van der Waals surface area contributed by atoms with E-state index in [1.807, 2.05) is 0 Å². The van der Waals surface area contributed by atoms with Crippen LogP contribution in [0.15, 0.2) is 6.20 Å². The van der Waals surface area contributed by atoms with Gasteiger partial charge in [0.2, 0.25) is 0 Å². The second kappa shape index (κ2) is 2.15. The lowest BCUT2D eigenvalue weighted by Gasteiger charge is -1.81. The van der Waals surface area contributed by atoms with Crippen LogP contribution in [-0.4, -0.2) is 14.6 Å². The molecular formula is C3H3N3S2. The van der Waals surface area contributed by atoms with Crippen LogP contribution in [0, 0.1) is 0 Å². The monoisotopic (exact) mass is 145 g/mol. The predicted molar refractivity (Wildman–Crippen MR) is 35.8 cm³/mol. The molecule has 0 amide bonds. The van der Waals surface area contributed by atoms with Crippen LogP contribution in [0.5, 0.6) is 0 Å². The Bertz CT molecular complexity index is 180. The molecule has 3 nitrogen and oxygen atoms in total. The zero-order chi connectivity index (χ0) is 5.98. The Kier molecular flexibility index (Phi) is 1.50. The second-order valence-electron chi connectivity index (χ2n) is 1.15. The van der Waals surface area contributed by atoms with E-state index in [-0.39, 0.29) is 0 Å². The van der Waals surface area contributed by atoms with Crippen LogP contribution in [-0.2, 0) is 0 Å². The van der Waals surface area contributed by atoms with E-state index in [0.29, 0.717) is 4.99 Å². The van der Waals surface area contributed by atoms with Gasteiger partial charge in [-0.05, 0) is 11.5 Å². The van der Waals surface area contributed by atoms with E-state index >= 15 is 0 Å². The fraction of sp³-hybridized carbons (Fsp3) is 0. The van der Waals surface area contributed by atoms with E-state index in [4.69, 9.17) is 5.73 Å². The molecular weight excluding hydrogens is 142 g/mol. The van der Waals surface area contributed by atoms with E-state index in [1.165, 1.54) is 11.5 Å². The van der Waals surface area contributed by atoms with Crippen molar-refractivity contribution in [1.82, 2.24) is 9.59 Å². The van der Waals surface area contributed by atoms with Crippen LogP contribution in [0.3, 0.4) is 0 Å². The molecule has 1 aromatic heterocycles. The molecule has 0 unspecified atom stereocenters. The summed E-state index contributed by atoms with van der Waals surface area (Å²) < 4.78 is 3.57. The summed E-state index contributed by atoms with van der Waals surface area (Å²) >= 11 is 5.83. The van der Waals surface area contributed by atoms with Gasteiger partial charge in [-0.15, -0.1) is 5.10 Å². The van der Waals surface area contributed by atoms with E-state index in [1.54, 1.807) is 6.20 Å². The number of nitrogens with zero attached hydrogens (tertiary/aromatic N) is 2. The Morgan fingerprint density at radius 2 is 2.62 bits per heavy atom. The summed E-state index contributed by atoms with van der Waals surface area (Å²) in [4.78, 5) is 1.13. The molecule has 0 saturated heterocycles. The molecule has 0 aromatic carbocycles. The van der Waals surface area contributed by atoms with Crippen LogP contribution in [0.2, 0.25) is 0 Å². The molecule has 0 atom stereocenters. The predicted octanol–water partition coefficient (Wildman–Crippen LogP) is 0.172. The number of thiocarbonyl (C=S) groups is 1. The van der Waals surface area contributed by atoms with Gasteiger partial charge in [-0.25, -0.2) is 0 Å². The summed E-state index contributed by atoms with van der Waals surface area (Å²) in [6, 6.07) is 0. The summed E-state index contributed by atoms with van der Waals surface area (Å²) in [7, 11) is 0. The zero-order valence-corrected chi connectivity index (χ0v) is 5.50.